The molecule has 3 nitrogen and oxygen atoms in total. The third-order valence-corrected chi connectivity index (χ3v) is 7.40. The summed E-state index contributed by atoms with van der Waals surface area (Å²) in [5, 5.41) is 5.11. The topological polar surface area (TPSA) is 19.1 Å². The number of hydrogen-bond acceptors (Lipinski definition) is 1. The van der Waals surface area contributed by atoms with E-state index in [2.05, 4.69) is 117 Å². The van der Waals surface area contributed by atoms with Crippen LogP contribution in [-0.4, -0.2) is 16.2 Å². The predicted octanol–water partition coefficient (Wildman–Crippen LogP) is 9.05. The van der Waals surface area contributed by atoms with Crippen molar-refractivity contribution in [2.24, 2.45) is 0 Å². The first-order chi connectivity index (χ1) is 16.9. The van der Waals surface area contributed by atoms with Gasteiger partial charge in [-0.25, -0.2) is 0 Å². The van der Waals surface area contributed by atoms with Crippen LogP contribution in [-0.2, 0) is 0 Å². The SMILES string of the molecule is COc1cc(-c2ccc3c4c(C)cccc4n(C(C)C)c3c2)cc2c1c1ccccc1n2C(C)C. The number of aryl methyl sites for hydroxylation is 1. The molecule has 2 aromatic heterocycles. The highest BCUT2D eigenvalue weighted by atomic mass is 16.5. The van der Waals surface area contributed by atoms with Gasteiger partial charge in [0.15, 0.2) is 0 Å². The lowest BCUT2D eigenvalue weighted by Crippen LogP contribution is -2.00. The van der Waals surface area contributed by atoms with Crippen molar-refractivity contribution in [1.29, 1.82) is 0 Å². The van der Waals surface area contributed by atoms with E-state index in [9.17, 15) is 0 Å². The number of rotatable bonds is 4. The smallest absolute Gasteiger partial charge is 0.129 e. The summed E-state index contributed by atoms with van der Waals surface area (Å²) in [5.74, 6) is 0.924. The van der Waals surface area contributed by atoms with Gasteiger partial charge in [0.25, 0.3) is 0 Å². The van der Waals surface area contributed by atoms with Gasteiger partial charge in [0.05, 0.1) is 12.6 Å². The molecule has 35 heavy (non-hydrogen) atoms. The van der Waals surface area contributed by atoms with Crippen molar-refractivity contribution < 1.29 is 4.74 Å². The van der Waals surface area contributed by atoms with Gasteiger partial charge < -0.3 is 13.9 Å². The molecule has 0 aliphatic carbocycles. The number of para-hydroxylation sites is 1. The van der Waals surface area contributed by atoms with Crippen LogP contribution >= 0.6 is 0 Å². The first-order valence-corrected chi connectivity index (χ1v) is 12.5. The maximum Gasteiger partial charge on any atom is 0.129 e. The van der Waals surface area contributed by atoms with E-state index in [1.807, 2.05) is 0 Å². The summed E-state index contributed by atoms with van der Waals surface area (Å²) in [6.45, 7) is 11.2. The minimum absolute atomic E-state index is 0.339. The molecule has 0 saturated heterocycles. The maximum atomic E-state index is 5.99. The van der Waals surface area contributed by atoms with Crippen LogP contribution in [0, 0.1) is 6.92 Å². The first-order valence-electron chi connectivity index (χ1n) is 12.5. The average Bonchev–Trinajstić information content (AvgIpc) is 3.36. The van der Waals surface area contributed by atoms with Gasteiger partial charge in [0.1, 0.15) is 5.75 Å². The van der Waals surface area contributed by atoms with Gasteiger partial charge >= 0.3 is 0 Å². The number of nitrogens with zero attached hydrogens (tertiary/aromatic N) is 2. The lowest BCUT2D eigenvalue weighted by Gasteiger charge is -2.14. The molecule has 3 heteroatoms. The van der Waals surface area contributed by atoms with Gasteiger partial charge in [-0.3, -0.25) is 0 Å². The molecule has 0 saturated carbocycles. The summed E-state index contributed by atoms with van der Waals surface area (Å²) in [6.07, 6.45) is 0. The molecule has 0 radical (unpaired) electrons. The second-order valence-corrected chi connectivity index (χ2v) is 10.2. The second-order valence-electron chi connectivity index (χ2n) is 10.2. The molecular formula is C32H32N2O. The van der Waals surface area contributed by atoms with Crippen LogP contribution < -0.4 is 4.74 Å². The number of methoxy groups -OCH3 is 1. The third-order valence-electron chi connectivity index (χ3n) is 7.40. The van der Waals surface area contributed by atoms with Crippen molar-refractivity contribution in [1.82, 2.24) is 9.13 Å². The number of aromatic nitrogens is 2. The van der Waals surface area contributed by atoms with Crippen molar-refractivity contribution in [2.75, 3.05) is 7.11 Å². The van der Waals surface area contributed by atoms with Crippen molar-refractivity contribution in [3.05, 3.63) is 78.4 Å². The standard InChI is InChI=1S/C32H32N2O/c1-19(2)33-26-12-8-7-11-24(26)32-29(33)17-23(18-30(32)35-6)22-14-15-25-28(16-22)34(20(3)4)27-13-9-10-21(5)31(25)27/h7-20H,1-6H3. The highest BCUT2D eigenvalue weighted by Crippen LogP contribution is 2.42. The zero-order chi connectivity index (χ0) is 24.4. The maximum absolute atomic E-state index is 5.99. The van der Waals surface area contributed by atoms with Gasteiger partial charge in [-0.2, -0.15) is 0 Å². The van der Waals surface area contributed by atoms with Gasteiger partial charge in [-0.15, -0.1) is 0 Å². The fourth-order valence-corrected chi connectivity index (χ4v) is 5.98. The Morgan fingerprint density at radius 1 is 0.600 bits per heavy atom. The van der Waals surface area contributed by atoms with Crippen molar-refractivity contribution >= 4 is 43.6 Å². The molecule has 176 valence electrons. The number of hydrogen-bond donors (Lipinski definition) is 0. The van der Waals surface area contributed by atoms with Gasteiger partial charge in [-0.05, 0) is 81.6 Å². The van der Waals surface area contributed by atoms with Gasteiger partial charge in [-0.1, -0.05) is 42.5 Å². The summed E-state index contributed by atoms with van der Waals surface area (Å²) in [5.41, 5.74) is 8.77. The predicted molar refractivity (Wildman–Crippen MR) is 150 cm³/mol. The summed E-state index contributed by atoms with van der Waals surface area (Å²) in [6, 6.07) is 27.4. The van der Waals surface area contributed by atoms with Gasteiger partial charge in [0, 0.05) is 50.2 Å². The Morgan fingerprint density at radius 2 is 1.26 bits per heavy atom. The van der Waals surface area contributed by atoms with E-state index < -0.39 is 0 Å². The largest absolute Gasteiger partial charge is 0.496 e. The molecule has 6 aromatic rings. The molecule has 4 aromatic carbocycles. The minimum Gasteiger partial charge on any atom is -0.496 e. The Hall–Kier alpha value is -3.72. The monoisotopic (exact) mass is 460 g/mol. The summed E-state index contributed by atoms with van der Waals surface area (Å²) in [4.78, 5) is 0. The highest BCUT2D eigenvalue weighted by molar-refractivity contribution is 6.13. The zero-order valence-electron chi connectivity index (χ0n) is 21.4. The Morgan fingerprint density at radius 3 is 2.00 bits per heavy atom. The van der Waals surface area contributed by atoms with E-state index in [1.165, 1.54) is 60.3 Å². The number of benzene rings is 4. The zero-order valence-corrected chi connectivity index (χ0v) is 21.4. The van der Waals surface area contributed by atoms with Crippen molar-refractivity contribution in [3.8, 4) is 16.9 Å². The molecule has 2 heterocycles. The van der Waals surface area contributed by atoms with E-state index in [0.717, 1.165) is 5.75 Å². The summed E-state index contributed by atoms with van der Waals surface area (Å²) < 4.78 is 10.9. The second kappa shape index (κ2) is 7.91. The Bertz CT molecular complexity index is 1750. The lowest BCUT2D eigenvalue weighted by atomic mass is 10.00. The Kier molecular flexibility index (Phi) is 4.93. The molecule has 0 bridgehead atoms. The first kappa shape index (κ1) is 21.8. The third kappa shape index (κ3) is 3.11. The number of fused-ring (bicyclic) bond motifs is 6. The molecule has 0 unspecified atom stereocenters. The molecule has 0 aliphatic heterocycles. The van der Waals surface area contributed by atoms with E-state index in [-0.39, 0.29) is 0 Å². The van der Waals surface area contributed by atoms with Crippen LogP contribution in [0.15, 0.2) is 72.8 Å². The molecule has 0 spiro atoms. The quantitative estimate of drug-likeness (QED) is 0.257. The molecular weight excluding hydrogens is 428 g/mol. The molecule has 0 atom stereocenters. The highest BCUT2D eigenvalue weighted by Gasteiger charge is 2.19. The Labute approximate surface area is 206 Å². The van der Waals surface area contributed by atoms with E-state index in [1.54, 1.807) is 7.11 Å². The molecule has 0 amide bonds. The average molecular weight is 461 g/mol. The fraction of sp³-hybridized carbons (Fsp3) is 0.250. The van der Waals surface area contributed by atoms with Crippen molar-refractivity contribution in [2.45, 2.75) is 46.7 Å². The molecule has 0 N–H and O–H groups in total. The van der Waals surface area contributed by atoms with Crippen LogP contribution in [0.2, 0.25) is 0 Å². The normalized spacial score (nSPS) is 12.2. The lowest BCUT2D eigenvalue weighted by molar-refractivity contribution is 0.420. The summed E-state index contributed by atoms with van der Waals surface area (Å²) in [7, 11) is 1.78. The van der Waals surface area contributed by atoms with Crippen LogP contribution in [0.3, 0.4) is 0 Å². The number of ether oxygens (including phenoxy) is 1. The van der Waals surface area contributed by atoms with E-state index >= 15 is 0 Å². The Balaban J connectivity index is 1.68. The van der Waals surface area contributed by atoms with Crippen LogP contribution in [0.1, 0.15) is 45.3 Å². The minimum atomic E-state index is 0.339. The van der Waals surface area contributed by atoms with E-state index in [4.69, 9.17) is 4.74 Å². The van der Waals surface area contributed by atoms with Gasteiger partial charge in [0.2, 0.25) is 0 Å². The van der Waals surface area contributed by atoms with Crippen LogP contribution in [0.25, 0.3) is 54.7 Å². The van der Waals surface area contributed by atoms with E-state index in [0.29, 0.717) is 12.1 Å². The van der Waals surface area contributed by atoms with Crippen LogP contribution in [0.4, 0.5) is 0 Å². The molecule has 6 rings (SSSR count). The van der Waals surface area contributed by atoms with Crippen LogP contribution in [0.5, 0.6) is 5.75 Å². The summed E-state index contributed by atoms with van der Waals surface area (Å²) >= 11 is 0. The molecule has 0 aliphatic rings. The van der Waals surface area contributed by atoms with Crippen molar-refractivity contribution in [3.63, 3.8) is 0 Å². The molecule has 0 fully saturated rings. The fourth-order valence-electron chi connectivity index (χ4n) is 5.98.